The Bertz CT molecular complexity index is 1210. The number of phenols is 1. The van der Waals surface area contributed by atoms with Crippen molar-refractivity contribution in [3.8, 4) is 11.5 Å². The summed E-state index contributed by atoms with van der Waals surface area (Å²) in [5, 5.41) is 18.2. The van der Waals surface area contributed by atoms with E-state index in [4.69, 9.17) is 20.9 Å². The molecule has 6 nitrogen and oxygen atoms in total. The van der Waals surface area contributed by atoms with Crippen LogP contribution < -0.4 is 10.1 Å². The Balaban J connectivity index is 1.62. The average Bonchev–Trinajstić information content (AvgIpc) is 3.13. The minimum atomic E-state index is -0.342. The molecule has 2 heterocycles. The fourth-order valence-electron chi connectivity index (χ4n) is 4.65. The maximum Gasteiger partial charge on any atom is 0.233 e. The maximum atomic E-state index is 13.5. The molecule has 2 atom stereocenters. The molecule has 0 spiro atoms. The summed E-state index contributed by atoms with van der Waals surface area (Å²) in [7, 11) is 1.50. The molecule has 158 valence electrons. The van der Waals surface area contributed by atoms with Gasteiger partial charge in [0.15, 0.2) is 17.3 Å². The van der Waals surface area contributed by atoms with Crippen LogP contribution in [0, 0.1) is 6.92 Å². The quantitative estimate of drug-likeness (QED) is 0.578. The number of hydrogen-bond acceptors (Lipinski definition) is 6. The van der Waals surface area contributed by atoms with E-state index in [-0.39, 0.29) is 23.4 Å². The standard InChI is InChI=1S/C24H21ClN2O4/c1-12-21-22(14-5-8-18(28)20(11-14)30-2)23-17(26-24(21)31-27-12)9-15(10-19(23)29)13-3-6-16(25)7-4-13/h3-8,11,15,22,26,28H,9-10H2,1-2H3/t15-,22-/m1/s1. The fourth-order valence-corrected chi connectivity index (χ4v) is 4.78. The lowest BCUT2D eigenvalue weighted by atomic mass is 9.72. The summed E-state index contributed by atoms with van der Waals surface area (Å²) < 4.78 is 10.9. The zero-order valence-corrected chi connectivity index (χ0v) is 17.9. The summed E-state index contributed by atoms with van der Waals surface area (Å²) >= 11 is 6.04. The van der Waals surface area contributed by atoms with Gasteiger partial charge in [0.2, 0.25) is 5.88 Å². The van der Waals surface area contributed by atoms with E-state index >= 15 is 0 Å². The maximum absolute atomic E-state index is 13.5. The lowest BCUT2D eigenvalue weighted by Crippen LogP contribution is -2.29. The first-order valence-corrected chi connectivity index (χ1v) is 10.5. The van der Waals surface area contributed by atoms with Gasteiger partial charge in [0.05, 0.1) is 18.4 Å². The van der Waals surface area contributed by atoms with E-state index in [9.17, 15) is 9.90 Å². The van der Waals surface area contributed by atoms with Gasteiger partial charge < -0.3 is 19.7 Å². The number of anilines is 1. The highest BCUT2D eigenvalue weighted by atomic mass is 35.5. The van der Waals surface area contributed by atoms with E-state index in [1.807, 2.05) is 37.3 Å². The number of rotatable bonds is 3. The van der Waals surface area contributed by atoms with Gasteiger partial charge in [0.25, 0.3) is 0 Å². The van der Waals surface area contributed by atoms with E-state index in [1.165, 1.54) is 7.11 Å². The molecule has 0 fully saturated rings. The Hall–Kier alpha value is -3.25. The molecule has 0 saturated carbocycles. The van der Waals surface area contributed by atoms with E-state index in [1.54, 1.807) is 12.1 Å². The van der Waals surface area contributed by atoms with E-state index < -0.39 is 0 Å². The number of nitrogens with zero attached hydrogens (tertiary/aromatic N) is 1. The monoisotopic (exact) mass is 436 g/mol. The second kappa shape index (κ2) is 7.46. The zero-order chi connectivity index (χ0) is 21.7. The highest BCUT2D eigenvalue weighted by molar-refractivity contribution is 6.30. The van der Waals surface area contributed by atoms with Crippen LogP contribution in [-0.2, 0) is 4.79 Å². The van der Waals surface area contributed by atoms with Crippen LogP contribution in [0.4, 0.5) is 5.88 Å². The number of carbonyl (C=O) groups is 1. The summed E-state index contributed by atoms with van der Waals surface area (Å²) in [6, 6.07) is 12.8. The molecule has 0 radical (unpaired) electrons. The second-order valence-corrected chi connectivity index (χ2v) is 8.41. The zero-order valence-electron chi connectivity index (χ0n) is 17.1. The van der Waals surface area contributed by atoms with Crippen molar-refractivity contribution < 1.29 is 19.2 Å². The number of phenolic OH excluding ortho intramolecular Hbond substituents is 1. The minimum absolute atomic E-state index is 0.0504. The normalized spacial score (nSPS) is 20.2. The Morgan fingerprint density at radius 3 is 2.65 bits per heavy atom. The number of methoxy groups -OCH3 is 1. The first-order valence-electron chi connectivity index (χ1n) is 10.1. The molecule has 2 N–H and O–H groups in total. The summed E-state index contributed by atoms with van der Waals surface area (Å²) in [6.07, 6.45) is 1.08. The predicted octanol–water partition coefficient (Wildman–Crippen LogP) is 5.31. The average molecular weight is 437 g/mol. The molecule has 2 aromatic carbocycles. The number of carbonyl (C=O) groups excluding carboxylic acids is 1. The number of allylic oxidation sites excluding steroid dienone is 2. The summed E-state index contributed by atoms with van der Waals surface area (Å²) in [5.74, 6) is 0.752. The van der Waals surface area contributed by atoms with Gasteiger partial charge in [-0.05, 0) is 54.7 Å². The lowest BCUT2D eigenvalue weighted by molar-refractivity contribution is -0.116. The van der Waals surface area contributed by atoms with Crippen molar-refractivity contribution in [2.75, 3.05) is 12.4 Å². The number of aromatic hydroxyl groups is 1. The number of halogens is 1. The minimum Gasteiger partial charge on any atom is -0.504 e. The van der Waals surface area contributed by atoms with E-state index in [0.717, 1.165) is 33.7 Å². The number of aryl methyl sites for hydroxylation is 1. The van der Waals surface area contributed by atoms with Gasteiger partial charge in [-0.15, -0.1) is 0 Å². The van der Waals surface area contributed by atoms with Gasteiger partial charge in [-0.3, -0.25) is 4.79 Å². The van der Waals surface area contributed by atoms with E-state index in [2.05, 4.69) is 10.5 Å². The number of hydrogen-bond donors (Lipinski definition) is 2. The van der Waals surface area contributed by atoms with Gasteiger partial charge in [0, 0.05) is 28.6 Å². The molecule has 0 unspecified atom stereocenters. The Kier molecular flexibility index (Phi) is 4.74. The highest BCUT2D eigenvalue weighted by Gasteiger charge is 2.41. The molecular weight excluding hydrogens is 416 g/mol. The van der Waals surface area contributed by atoms with Crippen LogP contribution in [0.3, 0.4) is 0 Å². The smallest absolute Gasteiger partial charge is 0.233 e. The number of nitrogens with one attached hydrogen (secondary N) is 1. The molecular formula is C24H21ClN2O4. The number of benzene rings is 2. The van der Waals surface area contributed by atoms with Gasteiger partial charge in [-0.2, -0.15) is 0 Å². The first kappa shape index (κ1) is 19.7. The van der Waals surface area contributed by atoms with Crippen LogP contribution in [-0.4, -0.2) is 23.2 Å². The predicted molar refractivity (Wildman–Crippen MR) is 117 cm³/mol. The van der Waals surface area contributed by atoms with Crippen molar-refractivity contribution in [1.29, 1.82) is 0 Å². The van der Waals surface area contributed by atoms with Crippen LogP contribution in [0.25, 0.3) is 0 Å². The van der Waals surface area contributed by atoms with Crippen LogP contribution >= 0.6 is 11.6 Å². The molecule has 1 aliphatic heterocycles. The van der Waals surface area contributed by atoms with Crippen molar-refractivity contribution in [2.24, 2.45) is 0 Å². The number of ether oxygens (including phenoxy) is 1. The summed E-state index contributed by atoms with van der Waals surface area (Å²) in [5.41, 5.74) is 5.04. The topological polar surface area (TPSA) is 84.6 Å². The Labute approximate surface area is 184 Å². The van der Waals surface area contributed by atoms with Gasteiger partial charge >= 0.3 is 0 Å². The molecule has 1 aliphatic carbocycles. The van der Waals surface area contributed by atoms with Crippen molar-refractivity contribution in [1.82, 2.24) is 5.16 Å². The number of fused-ring (bicyclic) bond motifs is 1. The van der Waals surface area contributed by atoms with Gasteiger partial charge in [-0.25, -0.2) is 0 Å². The molecule has 5 rings (SSSR count). The number of Topliss-reactive ketones (excluding diaryl/α,β-unsaturated/α-hetero) is 1. The molecule has 1 aromatic heterocycles. The summed E-state index contributed by atoms with van der Waals surface area (Å²) in [4.78, 5) is 13.5. The third-order valence-corrected chi connectivity index (χ3v) is 6.39. The molecule has 0 amide bonds. The fraction of sp³-hybridized carbons (Fsp3) is 0.250. The van der Waals surface area contributed by atoms with Crippen molar-refractivity contribution in [3.63, 3.8) is 0 Å². The van der Waals surface area contributed by atoms with Gasteiger partial charge in [0.1, 0.15) is 0 Å². The summed E-state index contributed by atoms with van der Waals surface area (Å²) in [6.45, 7) is 1.87. The molecule has 3 aromatic rings. The van der Waals surface area contributed by atoms with Gasteiger partial charge in [-0.1, -0.05) is 35.0 Å². The van der Waals surface area contributed by atoms with Crippen LogP contribution in [0.5, 0.6) is 11.5 Å². The first-order chi connectivity index (χ1) is 15.0. The lowest BCUT2D eigenvalue weighted by Gasteiger charge is -2.34. The van der Waals surface area contributed by atoms with Crippen LogP contribution in [0.15, 0.2) is 58.3 Å². The highest BCUT2D eigenvalue weighted by Crippen LogP contribution is 2.49. The third kappa shape index (κ3) is 3.27. The Morgan fingerprint density at radius 2 is 1.90 bits per heavy atom. The molecule has 2 aliphatic rings. The van der Waals surface area contributed by atoms with Crippen LogP contribution in [0.2, 0.25) is 5.02 Å². The molecule has 0 bridgehead atoms. The van der Waals surface area contributed by atoms with Crippen LogP contribution in [0.1, 0.15) is 47.1 Å². The molecule has 7 heteroatoms. The third-order valence-electron chi connectivity index (χ3n) is 6.14. The molecule has 0 saturated heterocycles. The van der Waals surface area contributed by atoms with E-state index in [0.29, 0.717) is 29.5 Å². The Morgan fingerprint density at radius 1 is 1.16 bits per heavy atom. The number of aromatic nitrogens is 1. The van der Waals surface area contributed by atoms with Crippen molar-refractivity contribution in [2.45, 2.75) is 31.6 Å². The largest absolute Gasteiger partial charge is 0.504 e. The molecule has 31 heavy (non-hydrogen) atoms. The number of ketones is 1. The SMILES string of the molecule is COc1cc([C@H]2C3=C(C[C@@H](c4ccc(Cl)cc4)CC3=O)Nc3onc(C)c32)ccc1O. The van der Waals surface area contributed by atoms with Crippen molar-refractivity contribution in [3.05, 3.63) is 81.1 Å². The van der Waals surface area contributed by atoms with Crippen molar-refractivity contribution >= 4 is 23.3 Å². The second-order valence-electron chi connectivity index (χ2n) is 7.97.